The molecule has 2 aliphatic rings. The van der Waals surface area contributed by atoms with E-state index in [0.717, 1.165) is 38.8 Å². The molecule has 1 unspecified atom stereocenters. The summed E-state index contributed by atoms with van der Waals surface area (Å²) in [5.41, 5.74) is 3.02. The van der Waals surface area contributed by atoms with Crippen molar-refractivity contribution in [3.8, 4) is 0 Å². The maximum absolute atomic E-state index is 12.2. The van der Waals surface area contributed by atoms with Gasteiger partial charge in [0.1, 0.15) is 4.64 Å². The van der Waals surface area contributed by atoms with Crippen molar-refractivity contribution in [1.82, 2.24) is 15.2 Å². The molecule has 2 atom stereocenters. The second-order valence-corrected chi connectivity index (χ2v) is 10.8. The molecule has 1 saturated heterocycles. The zero-order valence-electron chi connectivity index (χ0n) is 16.4. The lowest BCUT2D eigenvalue weighted by atomic mass is 9.67. The molecule has 1 aliphatic carbocycles. The van der Waals surface area contributed by atoms with Crippen LogP contribution in [-0.2, 0) is 17.4 Å². The largest absolute Gasteiger partial charge is 0.340 e. The number of aromatic amines is 1. The summed E-state index contributed by atoms with van der Waals surface area (Å²) in [6.07, 6.45) is 5.67. The molecule has 28 heavy (non-hydrogen) atoms. The number of anilines is 1. The average molecular weight is 418 g/mol. The molecule has 0 bridgehead atoms. The van der Waals surface area contributed by atoms with Crippen molar-refractivity contribution in [3.05, 3.63) is 46.2 Å². The lowest BCUT2D eigenvalue weighted by Crippen LogP contribution is -2.45. The quantitative estimate of drug-likeness (QED) is 0.746. The van der Waals surface area contributed by atoms with Gasteiger partial charge in [0.2, 0.25) is 5.95 Å². The number of rotatable bonds is 4. The molecule has 4 rings (SSSR count). The zero-order chi connectivity index (χ0) is 19.9. The Morgan fingerprint density at radius 1 is 1.36 bits per heavy atom. The summed E-state index contributed by atoms with van der Waals surface area (Å²) in [5.74, 6) is 1.08. The third-order valence-corrected chi connectivity index (χ3v) is 8.01. The van der Waals surface area contributed by atoms with Gasteiger partial charge in [0.25, 0.3) is 0 Å². The van der Waals surface area contributed by atoms with Crippen molar-refractivity contribution in [2.75, 3.05) is 18.0 Å². The molecule has 1 aliphatic heterocycles. The van der Waals surface area contributed by atoms with Crippen LogP contribution in [0.3, 0.4) is 0 Å². The van der Waals surface area contributed by atoms with E-state index >= 15 is 0 Å². The van der Waals surface area contributed by atoms with Gasteiger partial charge in [0, 0.05) is 13.1 Å². The Kier molecular flexibility index (Phi) is 5.14. The van der Waals surface area contributed by atoms with E-state index in [0.29, 0.717) is 16.5 Å². The normalized spacial score (nSPS) is 22.2. The van der Waals surface area contributed by atoms with Crippen LogP contribution in [-0.4, -0.2) is 37.2 Å². The molecule has 0 saturated carbocycles. The van der Waals surface area contributed by atoms with Gasteiger partial charge in [0.15, 0.2) is 0 Å². The van der Waals surface area contributed by atoms with Gasteiger partial charge in [-0.1, -0.05) is 36.5 Å². The summed E-state index contributed by atoms with van der Waals surface area (Å²) in [6, 6.07) is 8.73. The Labute approximate surface area is 173 Å². The van der Waals surface area contributed by atoms with E-state index in [1.165, 1.54) is 11.1 Å². The molecule has 0 amide bonds. The Balaban J connectivity index is 1.60. The highest BCUT2D eigenvalue weighted by atomic mass is 32.2. The number of benzene rings is 1. The fourth-order valence-electron chi connectivity index (χ4n) is 4.88. The molecule has 2 aromatic rings. The van der Waals surface area contributed by atoms with Crippen LogP contribution >= 0.6 is 12.2 Å². The fourth-order valence-corrected chi connectivity index (χ4v) is 5.31. The molecular formula is C20H27N5OS2. The van der Waals surface area contributed by atoms with Crippen LogP contribution in [0.15, 0.2) is 30.5 Å². The second-order valence-electron chi connectivity index (χ2n) is 8.68. The van der Waals surface area contributed by atoms with E-state index in [1.807, 2.05) is 13.8 Å². The van der Waals surface area contributed by atoms with E-state index in [1.54, 1.807) is 6.20 Å². The van der Waals surface area contributed by atoms with Gasteiger partial charge in [-0.25, -0.2) is 9.19 Å². The maximum atomic E-state index is 12.2. The number of nitrogens with zero attached hydrogens (tertiary/aromatic N) is 3. The number of hydrogen-bond acceptors (Lipinski definition) is 5. The van der Waals surface area contributed by atoms with Crippen LogP contribution in [0.2, 0.25) is 0 Å². The number of H-pyrrole nitrogens is 1. The summed E-state index contributed by atoms with van der Waals surface area (Å²) in [7, 11) is -1.35. The minimum Gasteiger partial charge on any atom is -0.340 e. The smallest absolute Gasteiger partial charge is 0.243 e. The van der Waals surface area contributed by atoms with Crippen LogP contribution in [0.1, 0.15) is 50.2 Å². The summed E-state index contributed by atoms with van der Waals surface area (Å²) in [4.78, 5) is 6.61. The highest BCUT2D eigenvalue weighted by Gasteiger charge is 2.49. The third-order valence-electron chi connectivity index (χ3n) is 6.56. The molecule has 1 spiro atoms. The van der Waals surface area contributed by atoms with Gasteiger partial charge < -0.3 is 4.90 Å². The first-order valence-corrected chi connectivity index (χ1v) is 11.3. The predicted molar refractivity (Wildman–Crippen MR) is 115 cm³/mol. The molecule has 1 aromatic carbocycles. The number of nitrogens with two attached hydrogens (primary N) is 1. The molecule has 150 valence electrons. The first-order valence-electron chi connectivity index (χ1n) is 9.72. The second kappa shape index (κ2) is 7.31. The first kappa shape index (κ1) is 19.7. The van der Waals surface area contributed by atoms with Crippen LogP contribution in [0.5, 0.6) is 0 Å². The standard InChI is InChI=1S/C20H27N5OS2/c1-19(2,28(21)26)12-16-15-6-4-3-5-14(15)11-20(16)7-9-25(10-8-20)18-22-13-17(27)23-24-18/h3-6,13,16H,7-12,21H2,1-2H3,(H,23,27)/t16-,28?/m1/s1. The van der Waals surface area contributed by atoms with E-state index < -0.39 is 15.7 Å². The number of hydrogen-bond donors (Lipinski definition) is 2. The van der Waals surface area contributed by atoms with Gasteiger partial charge in [-0.05, 0) is 62.0 Å². The Hall–Kier alpha value is -1.64. The first-order chi connectivity index (χ1) is 13.3. The summed E-state index contributed by atoms with van der Waals surface area (Å²) >= 11 is 5.05. The van der Waals surface area contributed by atoms with Crippen LogP contribution < -0.4 is 10.0 Å². The van der Waals surface area contributed by atoms with Gasteiger partial charge in [-0.2, -0.15) is 0 Å². The van der Waals surface area contributed by atoms with Gasteiger partial charge in [0.05, 0.1) is 21.9 Å². The Morgan fingerprint density at radius 3 is 2.71 bits per heavy atom. The molecule has 2 heterocycles. The summed E-state index contributed by atoms with van der Waals surface area (Å²) in [6.45, 7) is 5.85. The molecule has 0 radical (unpaired) electrons. The highest BCUT2D eigenvalue weighted by molar-refractivity contribution is 7.84. The van der Waals surface area contributed by atoms with Crippen LogP contribution in [0.4, 0.5) is 5.95 Å². The Morgan fingerprint density at radius 2 is 2.07 bits per heavy atom. The van der Waals surface area contributed by atoms with Crippen molar-refractivity contribution < 1.29 is 4.21 Å². The SMILES string of the molecule is CC(C)(C[C@@H]1c2ccccc2CC12CCN(c1ncc(=S)[nH]n1)CC2)S(N)=O. The van der Waals surface area contributed by atoms with E-state index in [-0.39, 0.29) is 5.41 Å². The number of fused-ring (bicyclic) bond motifs is 1. The summed E-state index contributed by atoms with van der Waals surface area (Å²) < 4.78 is 12.3. The van der Waals surface area contributed by atoms with E-state index in [4.69, 9.17) is 17.4 Å². The van der Waals surface area contributed by atoms with E-state index in [2.05, 4.69) is 44.3 Å². The van der Waals surface area contributed by atoms with Crippen molar-refractivity contribution >= 4 is 29.2 Å². The lowest BCUT2D eigenvalue weighted by molar-refractivity contribution is 0.170. The number of piperidine rings is 1. The fraction of sp³-hybridized carbons (Fsp3) is 0.550. The molecule has 1 fully saturated rings. The molecular weight excluding hydrogens is 390 g/mol. The highest BCUT2D eigenvalue weighted by Crippen LogP contribution is 2.56. The number of aromatic nitrogens is 3. The van der Waals surface area contributed by atoms with Gasteiger partial charge in [-0.3, -0.25) is 10.2 Å². The monoisotopic (exact) mass is 417 g/mol. The van der Waals surface area contributed by atoms with Crippen molar-refractivity contribution in [3.63, 3.8) is 0 Å². The topological polar surface area (TPSA) is 87.9 Å². The van der Waals surface area contributed by atoms with Crippen LogP contribution in [0.25, 0.3) is 0 Å². The number of nitrogens with one attached hydrogen (secondary N) is 1. The minimum absolute atomic E-state index is 0.179. The summed E-state index contributed by atoms with van der Waals surface area (Å²) in [5, 5.41) is 13.0. The van der Waals surface area contributed by atoms with Gasteiger partial charge >= 0.3 is 0 Å². The van der Waals surface area contributed by atoms with Crippen molar-refractivity contribution in [2.45, 2.75) is 50.2 Å². The molecule has 6 nitrogen and oxygen atoms in total. The Bertz CT molecular complexity index is 929. The van der Waals surface area contributed by atoms with Crippen molar-refractivity contribution in [2.24, 2.45) is 10.6 Å². The maximum Gasteiger partial charge on any atom is 0.243 e. The zero-order valence-corrected chi connectivity index (χ0v) is 18.0. The van der Waals surface area contributed by atoms with Crippen LogP contribution in [0, 0.1) is 10.1 Å². The van der Waals surface area contributed by atoms with E-state index in [9.17, 15) is 4.21 Å². The lowest BCUT2D eigenvalue weighted by Gasteiger charge is -2.45. The molecule has 8 heteroatoms. The third kappa shape index (κ3) is 3.53. The average Bonchev–Trinajstić information content (AvgIpc) is 2.96. The van der Waals surface area contributed by atoms with Gasteiger partial charge in [-0.15, -0.1) is 5.10 Å². The van der Waals surface area contributed by atoms with Crippen molar-refractivity contribution in [1.29, 1.82) is 0 Å². The minimum atomic E-state index is -1.35. The predicted octanol–water partition coefficient (Wildman–Crippen LogP) is 3.25. The molecule has 1 aromatic heterocycles. The molecule has 3 N–H and O–H groups in total.